The molecule has 2 N–H and O–H groups in total. The van der Waals surface area contributed by atoms with Crippen LogP contribution >= 0.6 is 0 Å². The zero-order valence-electron chi connectivity index (χ0n) is 18.0. The van der Waals surface area contributed by atoms with Gasteiger partial charge in [0.15, 0.2) is 0 Å². The van der Waals surface area contributed by atoms with Crippen LogP contribution in [0.25, 0.3) is 0 Å². The van der Waals surface area contributed by atoms with Crippen molar-refractivity contribution in [3.05, 3.63) is 0 Å². The number of carbonyl (C=O) groups is 2. The molecule has 0 aliphatic carbocycles. The average Bonchev–Trinajstić information content (AvgIpc) is 2.57. The second-order valence-corrected chi connectivity index (χ2v) is 8.43. The number of hydrogen-bond acceptors (Lipinski definition) is 2. The van der Waals surface area contributed by atoms with Gasteiger partial charge in [0.05, 0.1) is 11.1 Å². The Labute approximate surface area is 169 Å². The number of hydrogen-bond donors (Lipinski definition) is 2. The Bertz CT molecular complexity index is 724. The van der Waals surface area contributed by atoms with Gasteiger partial charge in [-0.05, 0) is 55.4 Å². The molecule has 6 nitrogen and oxygen atoms in total. The number of carbonyl (C=O) groups excluding carboxylic acids is 2. The zero-order chi connectivity index (χ0) is 22.6. The maximum absolute atomic E-state index is 13.2. The molecular weight excluding hydrogens is 352 g/mol. The highest BCUT2D eigenvalue weighted by Crippen LogP contribution is 2.26. The van der Waals surface area contributed by atoms with Crippen molar-refractivity contribution in [1.82, 2.24) is 20.7 Å². The maximum Gasteiger partial charge on any atom is 0.339 e. The van der Waals surface area contributed by atoms with Crippen LogP contribution in [-0.2, 0) is 0 Å². The third kappa shape index (κ3) is 5.90. The predicted octanol–water partition coefficient (Wildman–Crippen LogP) is 2.57. The summed E-state index contributed by atoms with van der Waals surface area (Å²) in [5, 5.41) is 7.54. The van der Waals surface area contributed by atoms with E-state index < -0.39 is 34.2 Å². The number of rotatable bonds is 4. The smallest absolute Gasteiger partial charge is 0.321 e. The second-order valence-electron chi connectivity index (χ2n) is 8.43. The lowest BCUT2D eigenvalue weighted by atomic mass is 10.0. The molecule has 0 aromatic carbocycles. The van der Waals surface area contributed by atoms with Gasteiger partial charge in [-0.25, -0.2) is 19.6 Å². The average molecular weight is 383 g/mol. The van der Waals surface area contributed by atoms with E-state index in [2.05, 4.69) is 34.3 Å². The monoisotopic (exact) mass is 382 g/mol. The standard InChI is InChI=1S/C22H30N4O2/c1-13-19(5,6)23-17(27)25(21(9,10)15-3)26(22(11,12)16-4)18(28)24-20(7,8)14-2/h1-4H,5-12H3,(H,23,27)(H,24,28). The van der Waals surface area contributed by atoms with Crippen LogP contribution in [0.1, 0.15) is 55.4 Å². The molecule has 0 rings (SSSR count). The molecule has 0 spiro atoms. The fourth-order valence-electron chi connectivity index (χ4n) is 2.02. The number of hydrazine groups is 1. The van der Waals surface area contributed by atoms with Gasteiger partial charge in [0.25, 0.3) is 0 Å². The van der Waals surface area contributed by atoms with Crippen molar-refractivity contribution in [3.8, 4) is 49.4 Å². The van der Waals surface area contributed by atoms with Gasteiger partial charge in [0.1, 0.15) is 11.1 Å². The molecule has 0 unspecified atom stereocenters. The van der Waals surface area contributed by atoms with Gasteiger partial charge in [-0.2, -0.15) is 0 Å². The Hall–Kier alpha value is -3.22. The molecule has 0 saturated carbocycles. The molecule has 6 heteroatoms. The number of urea groups is 2. The lowest BCUT2D eigenvalue weighted by Crippen LogP contribution is -2.70. The first-order valence-corrected chi connectivity index (χ1v) is 8.66. The van der Waals surface area contributed by atoms with Gasteiger partial charge < -0.3 is 10.6 Å². The fraction of sp³-hybridized carbons (Fsp3) is 0.545. The predicted molar refractivity (Wildman–Crippen MR) is 112 cm³/mol. The maximum atomic E-state index is 13.2. The first-order valence-electron chi connectivity index (χ1n) is 8.66. The van der Waals surface area contributed by atoms with Gasteiger partial charge in [0, 0.05) is 0 Å². The Kier molecular flexibility index (Phi) is 7.26. The number of nitrogens with one attached hydrogen (secondary N) is 2. The first kappa shape index (κ1) is 24.8. The highest BCUT2D eigenvalue weighted by atomic mass is 16.2. The minimum absolute atomic E-state index is 0.678. The van der Waals surface area contributed by atoms with Gasteiger partial charge >= 0.3 is 12.1 Å². The van der Waals surface area contributed by atoms with E-state index in [0.29, 0.717) is 0 Å². The van der Waals surface area contributed by atoms with E-state index in [0.717, 1.165) is 10.0 Å². The van der Waals surface area contributed by atoms with Gasteiger partial charge in [-0.1, -0.05) is 23.7 Å². The molecular formula is C22H30N4O2. The molecule has 150 valence electrons. The van der Waals surface area contributed by atoms with Crippen molar-refractivity contribution in [3.63, 3.8) is 0 Å². The highest BCUT2D eigenvalue weighted by Gasteiger charge is 2.45. The SMILES string of the molecule is C#CC(C)(C)NC(=O)N(N(C(=O)NC(C)(C)C#C)C(C)(C)C#C)C(C)(C)C#C. The summed E-state index contributed by atoms with van der Waals surface area (Å²) in [5.41, 5.74) is -4.41. The minimum atomic E-state index is -1.22. The number of terminal acetylenes is 4. The zero-order valence-corrected chi connectivity index (χ0v) is 18.0. The fourth-order valence-corrected chi connectivity index (χ4v) is 2.02. The van der Waals surface area contributed by atoms with E-state index in [1.54, 1.807) is 55.4 Å². The molecule has 0 aromatic heterocycles. The Morgan fingerprint density at radius 1 is 0.607 bits per heavy atom. The number of nitrogens with zero attached hydrogens (tertiary/aromatic N) is 2. The van der Waals surface area contributed by atoms with Crippen LogP contribution in [0.4, 0.5) is 9.59 Å². The van der Waals surface area contributed by atoms with E-state index >= 15 is 0 Å². The summed E-state index contributed by atoms with van der Waals surface area (Å²) in [5.74, 6) is 9.97. The molecule has 0 atom stereocenters. The van der Waals surface area contributed by atoms with E-state index in [9.17, 15) is 9.59 Å². The van der Waals surface area contributed by atoms with Crippen LogP contribution in [0.2, 0.25) is 0 Å². The quantitative estimate of drug-likeness (QED) is 0.580. The largest absolute Gasteiger partial charge is 0.339 e. The molecule has 0 heterocycles. The summed E-state index contributed by atoms with van der Waals surface area (Å²) in [4.78, 5) is 26.3. The van der Waals surface area contributed by atoms with E-state index in [1.807, 2.05) is 0 Å². The summed E-state index contributed by atoms with van der Waals surface area (Å²) in [6.45, 7) is 13.0. The Morgan fingerprint density at radius 3 is 1.04 bits per heavy atom. The van der Waals surface area contributed by atoms with Gasteiger partial charge in [0.2, 0.25) is 0 Å². The first-order chi connectivity index (χ1) is 12.5. The van der Waals surface area contributed by atoms with Crippen molar-refractivity contribution in [2.45, 2.75) is 77.5 Å². The molecule has 0 saturated heterocycles. The highest BCUT2D eigenvalue weighted by molar-refractivity contribution is 5.83. The van der Waals surface area contributed by atoms with E-state index in [4.69, 9.17) is 25.7 Å². The molecule has 0 radical (unpaired) electrons. The van der Waals surface area contributed by atoms with Gasteiger partial charge in [-0.15, -0.1) is 25.7 Å². The molecule has 0 bridgehead atoms. The van der Waals surface area contributed by atoms with Crippen molar-refractivity contribution < 1.29 is 9.59 Å². The van der Waals surface area contributed by atoms with Crippen molar-refractivity contribution in [2.75, 3.05) is 0 Å². The Morgan fingerprint density at radius 2 is 0.857 bits per heavy atom. The van der Waals surface area contributed by atoms with Crippen LogP contribution in [0, 0.1) is 49.4 Å². The van der Waals surface area contributed by atoms with Crippen LogP contribution in [0.5, 0.6) is 0 Å². The molecule has 4 amide bonds. The summed E-state index contributed by atoms with van der Waals surface area (Å²) in [7, 11) is 0. The van der Waals surface area contributed by atoms with E-state index in [-0.39, 0.29) is 0 Å². The molecule has 28 heavy (non-hydrogen) atoms. The van der Waals surface area contributed by atoms with Crippen LogP contribution in [0.3, 0.4) is 0 Å². The lowest BCUT2D eigenvalue weighted by molar-refractivity contribution is -0.0425. The van der Waals surface area contributed by atoms with Crippen LogP contribution < -0.4 is 10.6 Å². The Balaban J connectivity index is 6.54. The molecule has 0 aromatic rings. The van der Waals surface area contributed by atoms with Crippen molar-refractivity contribution >= 4 is 12.1 Å². The summed E-state index contributed by atoms with van der Waals surface area (Å²) in [6.07, 6.45) is 22.3. The summed E-state index contributed by atoms with van der Waals surface area (Å²) in [6, 6.07) is -1.36. The van der Waals surface area contributed by atoms with Crippen LogP contribution in [-0.4, -0.2) is 44.2 Å². The van der Waals surface area contributed by atoms with E-state index in [1.165, 1.54) is 0 Å². The molecule has 0 fully saturated rings. The normalized spacial score (nSPS) is 11.7. The van der Waals surface area contributed by atoms with Crippen LogP contribution in [0.15, 0.2) is 0 Å². The number of amides is 4. The summed E-state index contributed by atoms with van der Waals surface area (Å²) < 4.78 is 0. The van der Waals surface area contributed by atoms with Gasteiger partial charge in [-0.3, -0.25) is 0 Å². The third-order valence-corrected chi connectivity index (χ3v) is 3.91. The molecule has 0 aliphatic heterocycles. The van der Waals surface area contributed by atoms with Crippen molar-refractivity contribution in [2.24, 2.45) is 0 Å². The molecule has 0 aliphatic rings. The third-order valence-electron chi connectivity index (χ3n) is 3.91. The summed E-state index contributed by atoms with van der Waals surface area (Å²) >= 11 is 0. The lowest BCUT2D eigenvalue weighted by Gasteiger charge is -2.48. The topological polar surface area (TPSA) is 64.7 Å². The van der Waals surface area contributed by atoms with Crippen molar-refractivity contribution in [1.29, 1.82) is 0 Å². The second kappa shape index (κ2) is 8.21. The minimum Gasteiger partial charge on any atom is -0.321 e.